The summed E-state index contributed by atoms with van der Waals surface area (Å²) in [5.41, 5.74) is -2.02. The summed E-state index contributed by atoms with van der Waals surface area (Å²) in [5.74, 6) is -2.62. The number of carboxylic acid groups (broad SMARTS) is 1. The second-order valence-electron chi connectivity index (χ2n) is 7.26. The average molecular weight is 447 g/mol. The molecule has 2 heterocycles. The highest BCUT2D eigenvalue weighted by molar-refractivity contribution is 6.02. The molecule has 4 rings (SSSR count). The van der Waals surface area contributed by atoms with Gasteiger partial charge in [-0.1, -0.05) is 12.1 Å². The highest BCUT2D eigenvalue weighted by Crippen LogP contribution is 2.41. The van der Waals surface area contributed by atoms with E-state index in [-0.39, 0.29) is 24.7 Å². The van der Waals surface area contributed by atoms with Crippen LogP contribution in [0, 0.1) is 10.1 Å². The predicted molar refractivity (Wildman–Crippen MR) is 102 cm³/mol. The minimum atomic E-state index is -1.47. The molecule has 3 N–H and O–H groups in total. The zero-order valence-electron chi connectivity index (χ0n) is 16.2. The van der Waals surface area contributed by atoms with E-state index in [1.54, 1.807) is 12.1 Å². The Morgan fingerprint density at radius 2 is 1.78 bits per heavy atom. The summed E-state index contributed by atoms with van der Waals surface area (Å²) < 4.78 is 16.6. The Morgan fingerprint density at radius 1 is 1.09 bits per heavy atom. The van der Waals surface area contributed by atoms with E-state index in [2.05, 4.69) is 4.84 Å². The normalized spacial score (nSPS) is 26.4. The Morgan fingerprint density at radius 3 is 2.44 bits per heavy atom. The van der Waals surface area contributed by atoms with Crippen molar-refractivity contribution in [2.45, 2.75) is 23.9 Å². The van der Waals surface area contributed by atoms with Gasteiger partial charge in [0.15, 0.2) is 0 Å². The summed E-state index contributed by atoms with van der Waals surface area (Å²) in [4.78, 5) is 37.4. The van der Waals surface area contributed by atoms with Crippen LogP contribution in [0.2, 0.25) is 0 Å². The summed E-state index contributed by atoms with van der Waals surface area (Å²) >= 11 is 0. The van der Waals surface area contributed by atoms with E-state index in [0.717, 1.165) is 12.1 Å². The van der Waals surface area contributed by atoms with Crippen molar-refractivity contribution in [1.29, 1.82) is 0 Å². The van der Waals surface area contributed by atoms with Crippen molar-refractivity contribution in [1.82, 2.24) is 0 Å². The largest absolute Gasteiger partial charge is 0.478 e. The number of benzene rings is 2. The predicted octanol–water partition coefficient (Wildman–Crippen LogP) is 0.872. The zero-order chi connectivity index (χ0) is 23.0. The van der Waals surface area contributed by atoms with Gasteiger partial charge >= 0.3 is 17.0 Å². The molecule has 32 heavy (non-hydrogen) atoms. The highest BCUT2D eigenvalue weighted by atomic mass is 17.0. The van der Waals surface area contributed by atoms with E-state index < -0.39 is 52.1 Å². The molecule has 12 nitrogen and oxygen atoms in total. The van der Waals surface area contributed by atoms with Crippen molar-refractivity contribution in [2.75, 3.05) is 13.2 Å². The minimum Gasteiger partial charge on any atom is -0.478 e. The molecule has 0 amide bonds. The number of carbonyl (C=O) groups is 2. The smallest absolute Gasteiger partial charge is 0.336 e. The molecule has 168 valence electrons. The van der Waals surface area contributed by atoms with E-state index in [4.69, 9.17) is 14.2 Å². The maximum absolute atomic E-state index is 11.9. The highest BCUT2D eigenvalue weighted by Gasteiger charge is 2.56. The third kappa shape index (κ3) is 3.87. The molecule has 0 aromatic heterocycles. The average Bonchev–Trinajstić information content (AvgIpc) is 3.29. The first kappa shape index (κ1) is 21.6. The Bertz CT molecular complexity index is 1070. The Balaban J connectivity index is 1.54. The molecule has 0 saturated carbocycles. The van der Waals surface area contributed by atoms with Gasteiger partial charge in [-0.15, -0.1) is 10.1 Å². The molecule has 2 saturated heterocycles. The fraction of sp³-hybridized carbons (Fsp3) is 0.300. The van der Waals surface area contributed by atoms with Gasteiger partial charge in [-0.3, -0.25) is 4.79 Å². The maximum atomic E-state index is 11.9. The van der Waals surface area contributed by atoms with Crippen molar-refractivity contribution in [2.24, 2.45) is 0 Å². The fourth-order valence-electron chi connectivity index (χ4n) is 3.76. The number of carbonyl (C=O) groups excluding carboxylic acids is 1. The van der Waals surface area contributed by atoms with E-state index in [9.17, 15) is 35.0 Å². The van der Waals surface area contributed by atoms with Crippen molar-refractivity contribution in [3.05, 3.63) is 69.3 Å². The van der Waals surface area contributed by atoms with Gasteiger partial charge in [-0.2, -0.15) is 0 Å². The lowest BCUT2D eigenvalue weighted by Crippen LogP contribution is -2.41. The molecule has 0 spiro atoms. The SMILES string of the molecule is O=C(O)c1ccc(Oc2ccc([C@@]3(O)CO[C@@H]4[C@H](O)CO[C@@H]43)cc2)cc1C(=O)O[N+](=O)[O-]. The number of nitrogens with zero attached hydrogens (tertiary/aromatic N) is 1. The molecule has 2 aliphatic rings. The molecule has 2 aromatic carbocycles. The first-order valence-corrected chi connectivity index (χ1v) is 9.35. The van der Waals surface area contributed by atoms with Crippen LogP contribution < -0.4 is 4.74 Å². The monoisotopic (exact) mass is 447 g/mol. The van der Waals surface area contributed by atoms with Gasteiger partial charge in [0.25, 0.3) is 0 Å². The molecule has 4 atom stereocenters. The van der Waals surface area contributed by atoms with Crippen molar-refractivity contribution < 1.29 is 49.0 Å². The number of hydrogen-bond donors (Lipinski definition) is 3. The number of carboxylic acids is 1. The van der Waals surface area contributed by atoms with E-state index in [1.807, 2.05) is 0 Å². The number of rotatable bonds is 6. The number of aliphatic hydroxyl groups is 2. The maximum Gasteiger partial charge on any atom is 0.336 e. The van der Waals surface area contributed by atoms with Crippen LogP contribution in [0.15, 0.2) is 42.5 Å². The fourth-order valence-corrected chi connectivity index (χ4v) is 3.76. The molecule has 0 unspecified atom stereocenters. The first-order valence-electron chi connectivity index (χ1n) is 9.35. The second-order valence-corrected chi connectivity index (χ2v) is 7.26. The molecule has 0 bridgehead atoms. The lowest BCUT2D eigenvalue weighted by atomic mass is 9.88. The quantitative estimate of drug-likeness (QED) is 0.423. The molecule has 0 radical (unpaired) electrons. The Kier molecular flexibility index (Phi) is 5.52. The number of fused-ring (bicyclic) bond motifs is 1. The van der Waals surface area contributed by atoms with Gasteiger partial charge in [0.1, 0.15) is 35.4 Å². The van der Waals surface area contributed by atoms with Gasteiger partial charge < -0.3 is 29.5 Å². The van der Waals surface area contributed by atoms with E-state index in [1.165, 1.54) is 18.2 Å². The molecular weight excluding hydrogens is 430 g/mol. The second kappa shape index (κ2) is 8.16. The minimum absolute atomic E-state index is 0.0308. The van der Waals surface area contributed by atoms with Gasteiger partial charge in [0.2, 0.25) is 0 Å². The molecule has 2 aliphatic heterocycles. The van der Waals surface area contributed by atoms with Crippen LogP contribution in [0.1, 0.15) is 26.3 Å². The van der Waals surface area contributed by atoms with Crippen LogP contribution in [0.5, 0.6) is 11.5 Å². The number of ether oxygens (including phenoxy) is 3. The number of hydrogen-bond acceptors (Lipinski definition) is 10. The van der Waals surface area contributed by atoms with Crippen molar-refractivity contribution >= 4 is 11.9 Å². The standard InChI is InChI=1S/C20H17NO11/c22-15-8-29-17-16(15)30-9-20(17,26)10-1-3-11(4-2-10)31-12-5-6-13(18(23)24)14(7-12)19(25)32-21(27)28/h1-7,15-17,22,26H,8-9H2,(H,23,24)/t15-,16-,17+,20+/m1/s1. The molecule has 2 aromatic rings. The molecule has 12 heteroatoms. The van der Waals surface area contributed by atoms with Gasteiger partial charge in [0, 0.05) is 0 Å². The van der Waals surface area contributed by atoms with Gasteiger partial charge in [-0.05, 0) is 35.9 Å². The number of aromatic carboxylic acids is 1. The summed E-state index contributed by atoms with van der Waals surface area (Å²) in [6.45, 7) is 0.00452. The first-order chi connectivity index (χ1) is 15.2. The Hall–Kier alpha value is -3.58. The summed E-state index contributed by atoms with van der Waals surface area (Å²) in [6.07, 6.45) is -2.16. The third-order valence-electron chi connectivity index (χ3n) is 5.28. The third-order valence-corrected chi connectivity index (χ3v) is 5.28. The number of aliphatic hydroxyl groups excluding tert-OH is 1. The summed E-state index contributed by atoms with van der Waals surface area (Å²) in [6, 6.07) is 9.53. The lowest BCUT2D eigenvalue weighted by molar-refractivity contribution is -0.727. The summed E-state index contributed by atoms with van der Waals surface area (Å²) in [7, 11) is 0. The molecule has 2 fully saturated rings. The van der Waals surface area contributed by atoms with Crippen molar-refractivity contribution in [3.8, 4) is 11.5 Å². The van der Waals surface area contributed by atoms with Crippen LogP contribution in [-0.2, 0) is 19.9 Å². The van der Waals surface area contributed by atoms with Crippen LogP contribution in [0.25, 0.3) is 0 Å². The van der Waals surface area contributed by atoms with Crippen LogP contribution >= 0.6 is 0 Å². The Labute approximate surface area is 179 Å². The zero-order valence-corrected chi connectivity index (χ0v) is 16.2. The van der Waals surface area contributed by atoms with E-state index in [0.29, 0.717) is 5.56 Å². The lowest BCUT2D eigenvalue weighted by Gasteiger charge is -2.27. The van der Waals surface area contributed by atoms with Gasteiger partial charge in [-0.25, -0.2) is 9.63 Å². The van der Waals surface area contributed by atoms with E-state index >= 15 is 0 Å². The molecular formula is C20H17NO11. The van der Waals surface area contributed by atoms with Crippen molar-refractivity contribution in [3.63, 3.8) is 0 Å². The van der Waals surface area contributed by atoms with Gasteiger partial charge in [0.05, 0.1) is 24.3 Å². The summed E-state index contributed by atoms with van der Waals surface area (Å²) in [5, 5.41) is 39.2. The topological polar surface area (TPSA) is 175 Å². The molecule has 0 aliphatic carbocycles. The van der Waals surface area contributed by atoms with Crippen LogP contribution in [-0.4, -0.2) is 63.9 Å². The van der Waals surface area contributed by atoms with Crippen LogP contribution in [0.4, 0.5) is 0 Å². The van der Waals surface area contributed by atoms with Crippen LogP contribution in [0.3, 0.4) is 0 Å².